The molecular weight excluding hydrogens is 291 g/mol. The number of halogens is 2. The summed E-state index contributed by atoms with van der Waals surface area (Å²) in [6.07, 6.45) is 3.21. The summed E-state index contributed by atoms with van der Waals surface area (Å²) in [7, 11) is 0. The molecule has 2 atom stereocenters. The van der Waals surface area contributed by atoms with Crippen LogP contribution >= 0.6 is 24.0 Å². The Hall–Kier alpha value is -0.820. The van der Waals surface area contributed by atoms with E-state index in [1.54, 1.807) is 17.1 Å². The Labute approximate surface area is 122 Å². The monoisotopic (exact) mass is 308 g/mol. The van der Waals surface area contributed by atoms with Gasteiger partial charge in [0.1, 0.15) is 0 Å². The molecule has 108 valence electrons. The summed E-state index contributed by atoms with van der Waals surface area (Å²) in [5.74, 6) is 0.0637. The first-order chi connectivity index (χ1) is 8.65. The molecule has 0 spiro atoms. The second kappa shape index (κ2) is 7.69. The van der Waals surface area contributed by atoms with Gasteiger partial charge in [-0.2, -0.15) is 5.10 Å². The fraction of sp³-hybridized carbons (Fsp3) is 0.636. The summed E-state index contributed by atoms with van der Waals surface area (Å²) < 4.78 is 1.63. The molecule has 2 heterocycles. The Balaban J connectivity index is 0.00000180. The van der Waals surface area contributed by atoms with Crippen molar-refractivity contribution in [3.05, 3.63) is 17.4 Å². The molecule has 1 aliphatic rings. The molecule has 8 heteroatoms. The Bertz CT molecular complexity index is 413. The molecule has 1 amide bonds. The fourth-order valence-corrected chi connectivity index (χ4v) is 2.09. The van der Waals surface area contributed by atoms with E-state index < -0.39 is 0 Å². The minimum atomic E-state index is -0.366. The first kappa shape index (κ1) is 16.2. The predicted octanol–water partition coefficient (Wildman–Crippen LogP) is 0.0449. The Morgan fingerprint density at radius 2 is 2.42 bits per heavy atom. The molecule has 0 bridgehead atoms. The van der Waals surface area contributed by atoms with E-state index in [1.165, 1.54) is 0 Å². The van der Waals surface area contributed by atoms with Crippen LogP contribution in [0.3, 0.4) is 0 Å². The van der Waals surface area contributed by atoms with Crippen molar-refractivity contribution in [3.63, 3.8) is 0 Å². The zero-order valence-electron chi connectivity index (χ0n) is 10.4. The lowest BCUT2D eigenvalue weighted by Crippen LogP contribution is -2.34. The number of hydrogen-bond donors (Lipinski definition) is 3. The lowest BCUT2D eigenvalue weighted by atomic mass is 10.1. The first-order valence-electron chi connectivity index (χ1n) is 5.98. The fourth-order valence-electron chi connectivity index (χ4n) is 1.94. The van der Waals surface area contributed by atoms with Crippen LogP contribution in [0.5, 0.6) is 0 Å². The van der Waals surface area contributed by atoms with Gasteiger partial charge in [0.25, 0.3) is 0 Å². The van der Waals surface area contributed by atoms with E-state index in [-0.39, 0.29) is 30.3 Å². The normalized spacial score (nSPS) is 22.0. The summed E-state index contributed by atoms with van der Waals surface area (Å²) in [6, 6.07) is 0. The number of nitrogens with one attached hydrogen (secondary N) is 2. The van der Waals surface area contributed by atoms with Crippen molar-refractivity contribution in [3.8, 4) is 0 Å². The van der Waals surface area contributed by atoms with Gasteiger partial charge in [-0.1, -0.05) is 11.6 Å². The smallest absolute Gasteiger partial charge is 0.221 e. The molecule has 1 aromatic heterocycles. The van der Waals surface area contributed by atoms with E-state index in [0.29, 0.717) is 31.1 Å². The quantitative estimate of drug-likeness (QED) is 0.718. The number of carbonyl (C=O) groups is 1. The SMILES string of the molecule is Cl.O=C(CCn1cc(Cl)cn1)NCC1CNCC1O. The number of amides is 1. The lowest BCUT2D eigenvalue weighted by Gasteiger charge is -2.14. The van der Waals surface area contributed by atoms with Crippen LogP contribution in [0.4, 0.5) is 0 Å². The molecule has 2 unspecified atom stereocenters. The van der Waals surface area contributed by atoms with E-state index in [9.17, 15) is 9.90 Å². The maximum atomic E-state index is 11.6. The molecule has 0 radical (unpaired) electrons. The molecular formula is C11H18Cl2N4O2. The average Bonchev–Trinajstić information content (AvgIpc) is 2.93. The Kier molecular flexibility index (Phi) is 6.57. The van der Waals surface area contributed by atoms with Gasteiger partial charge in [0, 0.05) is 44.7 Å². The third-order valence-electron chi connectivity index (χ3n) is 3.04. The van der Waals surface area contributed by atoms with Gasteiger partial charge in [-0.3, -0.25) is 9.48 Å². The summed E-state index contributed by atoms with van der Waals surface area (Å²) in [6.45, 7) is 2.36. The van der Waals surface area contributed by atoms with Crippen LogP contribution in [0, 0.1) is 5.92 Å². The summed E-state index contributed by atoms with van der Waals surface area (Å²) in [4.78, 5) is 11.6. The number of aromatic nitrogens is 2. The Morgan fingerprint density at radius 3 is 3.00 bits per heavy atom. The van der Waals surface area contributed by atoms with Crippen molar-refractivity contribution in [1.82, 2.24) is 20.4 Å². The second-order valence-electron chi connectivity index (χ2n) is 4.46. The number of carbonyl (C=O) groups excluding carboxylic acids is 1. The van der Waals surface area contributed by atoms with Crippen molar-refractivity contribution in [1.29, 1.82) is 0 Å². The van der Waals surface area contributed by atoms with E-state index in [0.717, 1.165) is 6.54 Å². The summed E-state index contributed by atoms with van der Waals surface area (Å²) in [5, 5.41) is 20.0. The number of hydrogen-bond acceptors (Lipinski definition) is 4. The third kappa shape index (κ3) is 4.99. The summed E-state index contributed by atoms with van der Waals surface area (Å²) in [5.41, 5.74) is 0. The standard InChI is InChI=1S/C11H17ClN4O2.ClH/c12-9-5-15-16(7-9)2-1-11(18)14-4-8-3-13-6-10(8)17;/h5,7-8,10,13,17H,1-4,6H2,(H,14,18);1H. The van der Waals surface area contributed by atoms with Gasteiger partial charge in [0.05, 0.1) is 17.3 Å². The van der Waals surface area contributed by atoms with Gasteiger partial charge >= 0.3 is 0 Å². The molecule has 6 nitrogen and oxygen atoms in total. The maximum Gasteiger partial charge on any atom is 0.221 e. The largest absolute Gasteiger partial charge is 0.391 e. The molecule has 1 aromatic rings. The van der Waals surface area contributed by atoms with Crippen molar-refractivity contribution in [2.75, 3.05) is 19.6 Å². The van der Waals surface area contributed by atoms with Gasteiger partial charge in [0.15, 0.2) is 0 Å². The van der Waals surface area contributed by atoms with Crippen molar-refractivity contribution in [2.45, 2.75) is 19.1 Å². The predicted molar refractivity (Wildman–Crippen MR) is 74.5 cm³/mol. The van der Waals surface area contributed by atoms with E-state index in [1.807, 2.05) is 0 Å². The zero-order valence-corrected chi connectivity index (χ0v) is 12.0. The number of aliphatic hydroxyl groups is 1. The van der Waals surface area contributed by atoms with Gasteiger partial charge in [0.2, 0.25) is 5.91 Å². The highest BCUT2D eigenvalue weighted by Gasteiger charge is 2.24. The molecule has 1 aliphatic heterocycles. The minimum absolute atomic E-state index is 0. The molecule has 0 saturated carbocycles. The molecule has 0 aromatic carbocycles. The number of aliphatic hydroxyl groups excluding tert-OH is 1. The second-order valence-corrected chi connectivity index (χ2v) is 4.90. The van der Waals surface area contributed by atoms with E-state index in [2.05, 4.69) is 15.7 Å². The van der Waals surface area contributed by atoms with Crippen molar-refractivity contribution >= 4 is 29.9 Å². The highest BCUT2D eigenvalue weighted by atomic mass is 35.5. The topological polar surface area (TPSA) is 79.2 Å². The third-order valence-corrected chi connectivity index (χ3v) is 3.23. The zero-order chi connectivity index (χ0) is 13.0. The molecule has 1 saturated heterocycles. The number of aryl methyl sites for hydroxylation is 1. The molecule has 19 heavy (non-hydrogen) atoms. The molecule has 2 rings (SSSR count). The van der Waals surface area contributed by atoms with Crippen LogP contribution in [-0.4, -0.2) is 46.5 Å². The van der Waals surface area contributed by atoms with Crippen LogP contribution in [0.2, 0.25) is 5.02 Å². The maximum absolute atomic E-state index is 11.6. The van der Waals surface area contributed by atoms with Gasteiger partial charge in [-0.05, 0) is 0 Å². The molecule has 0 aliphatic carbocycles. The van der Waals surface area contributed by atoms with Crippen LogP contribution in [0.25, 0.3) is 0 Å². The van der Waals surface area contributed by atoms with Crippen LogP contribution in [-0.2, 0) is 11.3 Å². The van der Waals surface area contributed by atoms with Gasteiger partial charge in [-0.25, -0.2) is 0 Å². The average molecular weight is 309 g/mol. The van der Waals surface area contributed by atoms with Crippen LogP contribution < -0.4 is 10.6 Å². The number of rotatable bonds is 5. The number of nitrogens with zero attached hydrogens (tertiary/aromatic N) is 2. The highest BCUT2D eigenvalue weighted by Crippen LogP contribution is 2.07. The lowest BCUT2D eigenvalue weighted by molar-refractivity contribution is -0.121. The van der Waals surface area contributed by atoms with E-state index >= 15 is 0 Å². The first-order valence-corrected chi connectivity index (χ1v) is 6.36. The van der Waals surface area contributed by atoms with Crippen LogP contribution in [0.15, 0.2) is 12.4 Å². The molecule has 1 fully saturated rings. The minimum Gasteiger partial charge on any atom is -0.391 e. The van der Waals surface area contributed by atoms with Gasteiger partial charge in [-0.15, -0.1) is 12.4 Å². The molecule has 3 N–H and O–H groups in total. The number of β-amino-alcohol motifs (C(OH)–C–C–N with tert-alkyl or cyclic N) is 1. The van der Waals surface area contributed by atoms with E-state index in [4.69, 9.17) is 11.6 Å². The highest BCUT2D eigenvalue weighted by molar-refractivity contribution is 6.30. The van der Waals surface area contributed by atoms with Crippen molar-refractivity contribution in [2.24, 2.45) is 5.92 Å². The Morgan fingerprint density at radius 1 is 1.63 bits per heavy atom. The van der Waals surface area contributed by atoms with Crippen LogP contribution in [0.1, 0.15) is 6.42 Å². The summed E-state index contributed by atoms with van der Waals surface area (Å²) >= 11 is 5.72. The van der Waals surface area contributed by atoms with Crippen molar-refractivity contribution < 1.29 is 9.90 Å². The van der Waals surface area contributed by atoms with Gasteiger partial charge < -0.3 is 15.7 Å².